The Morgan fingerprint density at radius 3 is 2.57 bits per heavy atom. The highest BCUT2D eigenvalue weighted by Gasteiger charge is 2.40. The van der Waals surface area contributed by atoms with Crippen LogP contribution in [0.5, 0.6) is 0 Å². The standard InChI is InChI=1S/C21H20ClN3O3/c22-17-8-4-3-7-16(17)13-25-20(27)18(23-21(25)28)11-19(26)24-10-9-14-5-1-2-6-15(14)12-24/h1-8,18H,9-13H2,(H,23,28)/t18-/m1/s1. The van der Waals surface area contributed by atoms with Crippen LogP contribution < -0.4 is 5.32 Å². The minimum Gasteiger partial charge on any atom is -0.338 e. The number of nitrogens with zero attached hydrogens (tertiary/aromatic N) is 2. The Hall–Kier alpha value is -2.86. The second kappa shape index (κ2) is 7.64. The van der Waals surface area contributed by atoms with Crippen molar-refractivity contribution in [2.24, 2.45) is 0 Å². The van der Waals surface area contributed by atoms with Crippen molar-refractivity contribution in [1.29, 1.82) is 0 Å². The summed E-state index contributed by atoms with van der Waals surface area (Å²) in [5.74, 6) is -0.525. The maximum absolute atomic E-state index is 12.7. The van der Waals surface area contributed by atoms with E-state index in [1.165, 1.54) is 5.56 Å². The van der Waals surface area contributed by atoms with Crippen LogP contribution in [0, 0.1) is 0 Å². The molecule has 6 nitrogen and oxygen atoms in total. The van der Waals surface area contributed by atoms with Crippen molar-refractivity contribution in [1.82, 2.24) is 15.1 Å². The van der Waals surface area contributed by atoms with Crippen LogP contribution in [0.3, 0.4) is 0 Å². The number of carbonyl (C=O) groups excluding carboxylic acids is 3. The fraction of sp³-hybridized carbons (Fsp3) is 0.286. The molecule has 7 heteroatoms. The summed E-state index contributed by atoms with van der Waals surface area (Å²) < 4.78 is 0. The van der Waals surface area contributed by atoms with E-state index in [9.17, 15) is 14.4 Å². The van der Waals surface area contributed by atoms with E-state index in [-0.39, 0.29) is 18.9 Å². The molecule has 1 atom stereocenters. The average molecular weight is 398 g/mol. The topological polar surface area (TPSA) is 69.7 Å². The number of halogens is 1. The zero-order chi connectivity index (χ0) is 19.7. The van der Waals surface area contributed by atoms with Gasteiger partial charge < -0.3 is 10.2 Å². The summed E-state index contributed by atoms with van der Waals surface area (Å²) in [6, 6.07) is 13.8. The highest BCUT2D eigenvalue weighted by molar-refractivity contribution is 6.31. The molecule has 1 saturated heterocycles. The number of fused-ring (bicyclic) bond motifs is 1. The molecule has 0 aliphatic carbocycles. The Morgan fingerprint density at radius 1 is 1.07 bits per heavy atom. The van der Waals surface area contributed by atoms with Gasteiger partial charge in [0.15, 0.2) is 0 Å². The SMILES string of the molecule is O=C(C[C@H]1NC(=O)N(Cc2ccccc2Cl)C1=O)N1CCc2ccccc2C1. The monoisotopic (exact) mass is 397 g/mol. The maximum Gasteiger partial charge on any atom is 0.325 e. The van der Waals surface area contributed by atoms with Crippen LogP contribution in [0.4, 0.5) is 4.79 Å². The van der Waals surface area contributed by atoms with Crippen LogP contribution in [-0.2, 0) is 29.1 Å². The van der Waals surface area contributed by atoms with Crippen LogP contribution in [-0.4, -0.2) is 40.2 Å². The van der Waals surface area contributed by atoms with Gasteiger partial charge in [0.1, 0.15) is 6.04 Å². The molecular weight excluding hydrogens is 378 g/mol. The quantitative estimate of drug-likeness (QED) is 0.806. The van der Waals surface area contributed by atoms with Crippen LogP contribution in [0.25, 0.3) is 0 Å². The number of benzene rings is 2. The molecule has 144 valence electrons. The number of hydrogen-bond donors (Lipinski definition) is 1. The van der Waals surface area contributed by atoms with Crippen molar-refractivity contribution in [3.05, 3.63) is 70.2 Å². The fourth-order valence-electron chi connectivity index (χ4n) is 3.67. The van der Waals surface area contributed by atoms with Gasteiger partial charge >= 0.3 is 6.03 Å². The lowest BCUT2D eigenvalue weighted by Gasteiger charge is -2.29. The largest absolute Gasteiger partial charge is 0.338 e. The summed E-state index contributed by atoms with van der Waals surface area (Å²) in [5.41, 5.74) is 3.07. The zero-order valence-electron chi connectivity index (χ0n) is 15.2. The van der Waals surface area contributed by atoms with Gasteiger partial charge in [-0.15, -0.1) is 0 Å². The molecule has 0 radical (unpaired) electrons. The van der Waals surface area contributed by atoms with E-state index in [0.29, 0.717) is 23.7 Å². The first-order chi connectivity index (χ1) is 13.5. The van der Waals surface area contributed by atoms with Crippen molar-refractivity contribution >= 4 is 29.4 Å². The van der Waals surface area contributed by atoms with E-state index < -0.39 is 18.0 Å². The first-order valence-electron chi connectivity index (χ1n) is 9.23. The molecule has 0 unspecified atom stereocenters. The van der Waals surface area contributed by atoms with Crippen molar-refractivity contribution in [2.45, 2.75) is 32.0 Å². The normalized spacial score (nSPS) is 18.8. The molecule has 1 fully saturated rings. The van der Waals surface area contributed by atoms with Crippen LogP contribution >= 0.6 is 11.6 Å². The molecule has 2 aliphatic heterocycles. The molecule has 2 heterocycles. The molecule has 0 bridgehead atoms. The molecule has 2 aromatic rings. The zero-order valence-corrected chi connectivity index (χ0v) is 16.0. The summed E-state index contributed by atoms with van der Waals surface area (Å²) in [7, 11) is 0. The van der Waals surface area contributed by atoms with Gasteiger partial charge in [-0.1, -0.05) is 54.1 Å². The number of nitrogens with one attached hydrogen (secondary N) is 1. The molecule has 28 heavy (non-hydrogen) atoms. The van der Waals surface area contributed by atoms with E-state index in [4.69, 9.17) is 11.6 Å². The maximum atomic E-state index is 12.7. The number of rotatable bonds is 4. The van der Waals surface area contributed by atoms with E-state index in [0.717, 1.165) is 16.9 Å². The van der Waals surface area contributed by atoms with Gasteiger partial charge in [0.25, 0.3) is 5.91 Å². The molecule has 0 aromatic heterocycles. The Kier molecular flexibility index (Phi) is 5.05. The third-order valence-electron chi connectivity index (χ3n) is 5.26. The number of hydrogen-bond acceptors (Lipinski definition) is 3. The van der Waals surface area contributed by atoms with Gasteiger partial charge in [-0.2, -0.15) is 0 Å². The molecule has 0 saturated carbocycles. The first-order valence-corrected chi connectivity index (χ1v) is 9.60. The number of imide groups is 1. The smallest absolute Gasteiger partial charge is 0.325 e. The predicted octanol–water partition coefficient (Wildman–Crippen LogP) is 2.74. The molecule has 4 amide bonds. The lowest BCUT2D eigenvalue weighted by atomic mass is 9.99. The van der Waals surface area contributed by atoms with Gasteiger partial charge in [0.2, 0.25) is 5.91 Å². The molecule has 1 N–H and O–H groups in total. The van der Waals surface area contributed by atoms with Gasteiger partial charge in [-0.3, -0.25) is 14.5 Å². The molecule has 0 spiro atoms. The van der Waals surface area contributed by atoms with E-state index in [2.05, 4.69) is 11.4 Å². The Bertz CT molecular complexity index is 946. The average Bonchev–Trinajstić information content (AvgIpc) is 2.96. The lowest BCUT2D eigenvalue weighted by Crippen LogP contribution is -2.41. The summed E-state index contributed by atoms with van der Waals surface area (Å²) in [6.07, 6.45) is 0.761. The summed E-state index contributed by atoms with van der Waals surface area (Å²) in [4.78, 5) is 40.5. The Morgan fingerprint density at radius 2 is 1.79 bits per heavy atom. The first kappa shape index (κ1) is 18.5. The van der Waals surface area contributed by atoms with Gasteiger partial charge in [0, 0.05) is 18.1 Å². The van der Waals surface area contributed by atoms with Crippen LogP contribution in [0.2, 0.25) is 5.02 Å². The van der Waals surface area contributed by atoms with Crippen molar-refractivity contribution < 1.29 is 14.4 Å². The highest BCUT2D eigenvalue weighted by Crippen LogP contribution is 2.22. The summed E-state index contributed by atoms with van der Waals surface area (Å²) >= 11 is 6.13. The van der Waals surface area contributed by atoms with E-state index in [1.54, 1.807) is 29.2 Å². The predicted molar refractivity (Wildman–Crippen MR) is 105 cm³/mol. The summed E-state index contributed by atoms with van der Waals surface area (Å²) in [6.45, 7) is 1.24. The minimum atomic E-state index is -0.834. The molecule has 2 aliphatic rings. The van der Waals surface area contributed by atoms with Crippen LogP contribution in [0.15, 0.2) is 48.5 Å². The Balaban J connectivity index is 1.40. The summed E-state index contributed by atoms with van der Waals surface area (Å²) in [5, 5.41) is 3.12. The molecule has 2 aromatic carbocycles. The molecular formula is C21H20ClN3O3. The van der Waals surface area contributed by atoms with Gasteiger partial charge in [-0.25, -0.2) is 4.79 Å². The highest BCUT2D eigenvalue weighted by atomic mass is 35.5. The second-order valence-corrected chi connectivity index (χ2v) is 7.46. The van der Waals surface area contributed by atoms with Gasteiger partial charge in [0.05, 0.1) is 13.0 Å². The number of urea groups is 1. The molecule has 4 rings (SSSR count). The van der Waals surface area contributed by atoms with E-state index >= 15 is 0 Å². The third kappa shape index (κ3) is 3.60. The Labute approximate surface area is 168 Å². The minimum absolute atomic E-state index is 0.0360. The van der Waals surface area contributed by atoms with Crippen molar-refractivity contribution in [2.75, 3.05) is 6.54 Å². The van der Waals surface area contributed by atoms with Crippen LogP contribution in [0.1, 0.15) is 23.1 Å². The van der Waals surface area contributed by atoms with Crippen molar-refractivity contribution in [3.63, 3.8) is 0 Å². The lowest BCUT2D eigenvalue weighted by molar-refractivity contribution is -0.136. The number of amides is 4. The third-order valence-corrected chi connectivity index (χ3v) is 5.62. The number of carbonyl (C=O) groups is 3. The van der Waals surface area contributed by atoms with E-state index in [1.807, 2.05) is 18.2 Å². The fourth-order valence-corrected chi connectivity index (χ4v) is 3.87. The van der Waals surface area contributed by atoms with Crippen molar-refractivity contribution in [3.8, 4) is 0 Å². The second-order valence-electron chi connectivity index (χ2n) is 7.06. The van der Waals surface area contributed by atoms with Gasteiger partial charge in [-0.05, 0) is 29.2 Å².